The van der Waals surface area contributed by atoms with Crippen LogP contribution in [-0.4, -0.2) is 18.2 Å². The van der Waals surface area contributed by atoms with Crippen LogP contribution in [0.2, 0.25) is 5.02 Å². The van der Waals surface area contributed by atoms with Crippen molar-refractivity contribution in [3.05, 3.63) is 64.8 Å². The average molecular weight is 431 g/mol. The third kappa shape index (κ3) is 4.04. The Morgan fingerprint density at radius 1 is 1.07 bits per heavy atom. The van der Waals surface area contributed by atoms with Crippen LogP contribution in [0, 0.1) is 0 Å². The monoisotopic (exact) mass is 430 g/mol. The average Bonchev–Trinajstić information content (AvgIpc) is 3.06. The van der Waals surface area contributed by atoms with Gasteiger partial charge >= 0.3 is 6.18 Å². The van der Waals surface area contributed by atoms with Gasteiger partial charge in [-0.1, -0.05) is 23.7 Å². The molecule has 2 aromatic carbocycles. The van der Waals surface area contributed by atoms with Gasteiger partial charge in [0.05, 0.1) is 21.3 Å². The lowest BCUT2D eigenvalue weighted by atomic mass is 10.1. The van der Waals surface area contributed by atoms with Crippen molar-refractivity contribution in [2.75, 3.05) is 0 Å². The van der Waals surface area contributed by atoms with Gasteiger partial charge in [0.15, 0.2) is 5.69 Å². The van der Waals surface area contributed by atoms with Gasteiger partial charge in [-0.3, -0.25) is 0 Å². The van der Waals surface area contributed by atoms with Gasteiger partial charge in [0.1, 0.15) is 0 Å². The maximum Gasteiger partial charge on any atom is 0.435 e. The molecule has 148 valence electrons. The lowest BCUT2D eigenvalue weighted by Gasteiger charge is -2.10. The second-order valence-corrected chi connectivity index (χ2v) is 7.85. The van der Waals surface area contributed by atoms with E-state index in [9.17, 15) is 21.6 Å². The lowest BCUT2D eigenvalue weighted by molar-refractivity contribution is -0.141. The number of nitrogens with zero attached hydrogens (tertiary/aromatic N) is 2. The van der Waals surface area contributed by atoms with Gasteiger partial charge in [0.2, 0.25) is 10.0 Å². The van der Waals surface area contributed by atoms with E-state index < -0.39 is 21.9 Å². The number of hydrogen-bond acceptors (Lipinski definition) is 4. The molecule has 0 spiro atoms. The van der Waals surface area contributed by atoms with Crippen LogP contribution in [-0.2, 0) is 22.7 Å². The summed E-state index contributed by atoms with van der Waals surface area (Å²) in [7, 11) is -3.94. The molecule has 0 fully saturated rings. The number of aromatic nitrogens is 2. The summed E-state index contributed by atoms with van der Waals surface area (Å²) in [5.74, 6) is 0. The summed E-state index contributed by atoms with van der Waals surface area (Å²) in [5.41, 5.74) is 5.77. The molecule has 0 saturated carbocycles. The van der Waals surface area contributed by atoms with E-state index in [1.54, 1.807) is 18.2 Å². The Balaban J connectivity index is 2.19. The van der Waals surface area contributed by atoms with Crippen LogP contribution in [0.4, 0.5) is 13.2 Å². The molecule has 1 aromatic heterocycles. The van der Waals surface area contributed by atoms with Crippen LogP contribution < -0.4 is 10.9 Å². The van der Waals surface area contributed by atoms with Crippen molar-refractivity contribution in [1.82, 2.24) is 9.78 Å². The molecule has 1 heterocycles. The molecule has 3 aromatic rings. The van der Waals surface area contributed by atoms with Crippen molar-refractivity contribution >= 4 is 21.6 Å². The van der Waals surface area contributed by atoms with Gasteiger partial charge in [-0.25, -0.2) is 18.2 Å². The Morgan fingerprint density at radius 2 is 1.71 bits per heavy atom. The van der Waals surface area contributed by atoms with E-state index in [1.165, 1.54) is 24.3 Å². The highest BCUT2D eigenvalue weighted by molar-refractivity contribution is 7.89. The van der Waals surface area contributed by atoms with Crippen molar-refractivity contribution in [2.45, 2.75) is 17.6 Å². The number of benzene rings is 2. The first-order valence-electron chi connectivity index (χ1n) is 7.80. The van der Waals surface area contributed by atoms with E-state index in [2.05, 4.69) is 5.10 Å². The molecule has 0 aliphatic carbocycles. The van der Waals surface area contributed by atoms with E-state index >= 15 is 0 Å². The summed E-state index contributed by atoms with van der Waals surface area (Å²) < 4.78 is 63.5. The van der Waals surface area contributed by atoms with Crippen LogP contribution in [0.15, 0.2) is 53.4 Å². The molecule has 0 unspecified atom stereocenters. The highest BCUT2D eigenvalue weighted by Gasteiger charge is 2.35. The maximum absolute atomic E-state index is 13.2. The van der Waals surface area contributed by atoms with Gasteiger partial charge < -0.3 is 5.73 Å². The van der Waals surface area contributed by atoms with Crippen LogP contribution >= 0.6 is 11.6 Å². The molecule has 3 rings (SSSR count). The van der Waals surface area contributed by atoms with E-state index in [1.807, 2.05) is 0 Å². The first-order chi connectivity index (χ1) is 13.0. The van der Waals surface area contributed by atoms with Crippen molar-refractivity contribution < 1.29 is 21.6 Å². The molecule has 11 heteroatoms. The van der Waals surface area contributed by atoms with Crippen molar-refractivity contribution in [3.63, 3.8) is 0 Å². The second kappa shape index (κ2) is 7.21. The van der Waals surface area contributed by atoms with Gasteiger partial charge in [-0.2, -0.15) is 18.3 Å². The Labute approximate surface area is 163 Å². The molecule has 0 radical (unpaired) electrons. The Kier molecular flexibility index (Phi) is 5.24. The molecular weight excluding hydrogens is 417 g/mol. The molecule has 0 bridgehead atoms. The summed E-state index contributed by atoms with van der Waals surface area (Å²) in [5, 5.41) is 8.89. The SMILES string of the molecule is NCc1ccc(-c2cc(C(F)(F)F)nn2-c2ccc(S(N)(=O)=O)cc2)c(Cl)c1. The molecule has 4 N–H and O–H groups in total. The molecule has 0 amide bonds. The zero-order chi connectivity index (χ0) is 20.7. The fraction of sp³-hybridized carbons (Fsp3) is 0.118. The third-order valence-corrected chi connectivity index (χ3v) is 5.20. The van der Waals surface area contributed by atoms with Gasteiger partial charge in [-0.05, 0) is 42.0 Å². The fourth-order valence-electron chi connectivity index (χ4n) is 2.58. The summed E-state index contributed by atoms with van der Waals surface area (Å²) in [6.07, 6.45) is -4.68. The molecule has 0 atom stereocenters. The first kappa shape index (κ1) is 20.3. The number of rotatable bonds is 4. The molecule has 6 nitrogen and oxygen atoms in total. The lowest BCUT2D eigenvalue weighted by Crippen LogP contribution is -2.12. The summed E-state index contributed by atoms with van der Waals surface area (Å²) in [4.78, 5) is -0.175. The first-order valence-corrected chi connectivity index (χ1v) is 9.72. The topological polar surface area (TPSA) is 104 Å². The summed E-state index contributed by atoms with van der Waals surface area (Å²) in [6, 6.07) is 10.6. The van der Waals surface area contributed by atoms with Gasteiger partial charge in [0.25, 0.3) is 0 Å². The highest BCUT2D eigenvalue weighted by Crippen LogP contribution is 2.36. The van der Waals surface area contributed by atoms with Crippen LogP contribution in [0.1, 0.15) is 11.3 Å². The van der Waals surface area contributed by atoms with E-state index in [0.29, 0.717) is 11.1 Å². The zero-order valence-corrected chi connectivity index (χ0v) is 15.7. The molecule has 28 heavy (non-hydrogen) atoms. The van der Waals surface area contributed by atoms with Crippen molar-refractivity contribution in [1.29, 1.82) is 0 Å². The van der Waals surface area contributed by atoms with Crippen LogP contribution in [0.25, 0.3) is 16.9 Å². The number of sulfonamides is 1. The number of halogens is 4. The standard InChI is InChI=1S/C17H14ClF3N4O2S/c18-14-7-10(9-22)1-6-13(14)15-8-16(17(19,20)21)24-25(15)11-2-4-12(5-3-11)28(23,26)27/h1-8H,9,22H2,(H2,23,26,27). The summed E-state index contributed by atoms with van der Waals surface area (Å²) >= 11 is 6.24. The van der Waals surface area contributed by atoms with E-state index in [0.717, 1.165) is 10.7 Å². The molecular formula is C17H14ClF3N4O2S. The normalized spacial score (nSPS) is 12.4. The predicted molar refractivity (Wildman–Crippen MR) is 98.3 cm³/mol. The predicted octanol–water partition coefficient (Wildman–Crippen LogP) is 3.32. The zero-order valence-electron chi connectivity index (χ0n) is 14.1. The molecule has 0 aliphatic rings. The molecule has 0 saturated heterocycles. The quantitative estimate of drug-likeness (QED) is 0.662. The minimum absolute atomic E-state index is 0.0873. The Hall–Kier alpha value is -2.40. The smallest absolute Gasteiger partial charge is 0.326 e. The number of primary sulfonamides is 1. The molecule has 0 aliphatic heterocycles. The van der Waals surface area contributed by atoms with Gasteiger partial charge in [-0.15, -0.1) is 0 Å². The number of alkyl halides is 3. The maximum atomic E-state index is 13.2. The van der Waals surface area contributed by atoms with Crippen molar-refractivity contribution in [2.24, 2.45) is 10.9 Å². The van der Waals surface area contributed by atoms with Gasteiger partial charge in [0, 0.05) is 12.1 Å². The Bertz CT molecular complexity index is 1130. The van der Waals surface area contributed by atoms with Crippen LogP contribution in [0.5, 0.6) is 0 Å². The second-order valence-electron chi connectivity index (χ2n) is 5.88. The number of nitrogens with two attached hydrogens (primary N) is 2. The van der Waals surface area contributed by atoms with Crippen molar-refractivity contribution in [3.8, 4) is 16.9 Å². The van der Waals surface area contributed by atoms with E-state index in [-0.39, 0.29) is 27.8 Å². The summed E-state index contributed by atoms with van der Waals surface area (Å²) in [6.45, 7) is 0.224. The Morgan fingerprint density at radius 3 is 2.21 bits per heavy atom. The largest absolute Gasteiger partial charge is 0.435 e. The van der Waals surface area contributed by atoms with Crippen LogP contribution in [0.3, 0.4) is 0 Å². The number of hydrogen-bond donors (Lipinski definition) is 2. The highest BCUT2D eigenvalue weighted by atomic mass is 35.5. The third-order valence-electron chi connectivity index (χ3n) is 3.95. The van der Waals surface area contributed by atoms with E-state index in [4.69, 9.17) is 22.5 Å². The minimum atomic E-state index is -4.68. The fourth-order valence-corrected chi connectivity index (χ4v) is 3.39. The minimum Gasteiger partial charge on any atom is -0.326 e.